The minimum absolute atomic E-state index is 0.271. The van der Waals surface area contributed by atoms with Gasteiger partial charge in [-0.1, -0.05) is 24.3 Å². The SMILES string of the molecule is COC(=O)C(C)(C)N1Cc2c(C)nnc(-c3ccc(CNC(=O)OC(C)(C)C)cc3)c2C1. The minimum atomic E-state index is -0.755. The van der Waals surface area contributed by atoms with Crippen LogP contribution in [-0.2, 0) is 33.9 Å². The van der Waals surface area contributed by atoms with E-state index < -0.39 is 17.2 Å². The van der Waals surface area contributed by atoms with Gasteiger partial charge in [0.05, 0.1) is 18.5 Å². The van der Waals surface area contributed by atoms with E-state index in [0.29, 0.717) is 19.6 Å². The van der Waals surface area contributed by atoms with E-state index in [-0.39, 0.29) is 5.97 Å². The first-order valence-corrected chi connectivity index (χ1v) is 10.7. The molecule has 0 fully saturated rings. The largest absolute Gasteiger partial charge is 0.468 e. The summed E-state index contributed by atoms with van der Waals surface area (Å²) in [5, 5.41) is 11.6. The number of nitrogens with zero attached hydrogens (tertiary/aromatic N) is 3. The van der Waals surface area contributed by atoms with Crippen molar-refractivity contribution in [2.75, 3.05) is 7.11 Å². The van der Waals surface area contributed by atoms with Crippen LogP contribution in [0, 0.1) is 6.92 Å². The van der Waals surface area contributed by atoms with Crippen LogP contribution in [0.1, 0.15) is 57.0 Å². The molecule has 0 unspecified atom stereocenters. The van der Waals surface area contributed by atoms with Crippen LogP contribution < -0.4 is 5.32 Å². The van der Waals surface area contributed by atoms with Crippen LogP contribution in [0.25, 0.3) is 11.3 Å². The smallest absolute Gasteiger partial charge is 0.407 e. The maximum Gasteiger partial charge on any atom is 0.407 e. The molecular formula is C24H32N4O4. The van der Waals surface area contributed by atoms with Crippen molar-refractivity contribution in [2.45, 2.75) is 72.3 Å². The first-order chi connectivity index (χ1) is 14.9. The Labute approximate surface area is 189 Å². The van der Waals surface area contributed by atoms with Crippen molar-refractivity contribution in [1.29, 1.82) is 0 Å². The summed E-state index contributed by atoms with van der Waals surface area (Å²) in [7, 11) is 1.41. The molecule has 2 heterocycles. The Balaban J connectivity index is 1.78. The molecule has 8 nitrogen and oxygen atoms in total. The topological polar surface area (TPSA) is 93.6 Å². The molecule has 172 valence electrons. The van der Waals surface area contributed by atoms with Gasteiger partial charge in [-0.3, -0.25) is 9.69 Å². The van der Waals surface area contributed by atoms with E-state index in [1.807, 2.05) is 65.8 Å². The minimum Gasteiger partial charge on any atom is -0.468 e. The lowest BCUT2D eigenvalue weighted by Gasteiger charge is -2.32. The van der Waals surface area contributed by atoms with Crippen molar-refractivity contribution >= 4 is 12.1 Å². The molecule has 3 rings (SSSR count). The van der Waals surface area contributed by atoms with E-state index in [4.69, 9.17) is 9.47 Å². The van der Waals surface area contributed by atoms with Crippen molar-refractivity contribution in [3.8, 4) is 11.3 Å². The predicted octanol–water partition coefficient (Wildman–Crippen LogP) is 3.74. The molecule has 2 aromatic rings. The molecular weight excluding hydrogens is 408 g/mol. The van der Waals surface area contributed by atoms with E-state index in [0.717, 1.165) is 33.6 Å². The van der Waals surface area contributed by atoms with Crippen LogP contribution in [0.5, 0.6) is 0 Å². The van der Waals surface area contributed by atoms with Crippen molar-refractivity contribution in [3.05, 3.63) is 46.6 Å². The predicted molar refractivity (Wildman–Crippen MR) is 121 cm³/mol. The monoisotopic (exact) mass is 440 g/mol. The number of aryl methyl sites for hydroxylation is 1. The number of carbonyl (C=O) groups excluding carboxylic acids is 2. The highest BCUT2D eigenvalue weighted by atomic mass is 16.6. The molecule has 0 saturated carbocycles. The first-order valence-electron chi connectivity index (χ1n) is 10.7. The van der Waals surface area contributed by atoms with Gasteiger partial charge in [0, 0.05) is 30.8 Å². The molecule has 0 radical (unpaired) electrons. The number of hydrogen-bond donors (Lipinski definition) is 1. The average Bonchev–Trinajstić information content (AvgIpc) is 3.18. The standard InChI is InChI=1S/C24H32N4O4/c1-15-18-13-28(24(5,6)21(29)31-7)14-19(18)20(27-26-15)17-10-8-16(9-11-17)12-25-22(30)32-23(2,3)4/h8-11H,12-14H2,1-7H3,(H,25,30). The van der Waals surface area contributed by atoms with E-state index in [9.17, 15) is 9.59 Å². The molecule has 0 spiro atoms. The maximum absolute atomic E-state index is 12.3. The molecule has 1 amide bonds. The number of ether oxygens (including phenoxy) is 2. The summed E-state index contributed by atoms with van der Waals surface area (Å²) in [5.74, 6) is -0.271. The fraction of sp³-hybridized carbons (Fsp3) is 0.500. The Morgan fingerprint density at radius 2 is 1.66 bits per heavy atom. The van der Waals surface area contributed by atoms with Gasteiger partial charge in [-0.25, -0.2) is 4.79 Å². The van der Waals surface area contributed by atoms with E-state index in [1.165, 1.54) is 7.11 Å². The number of benzene rings is 1. The zero-order chi connectivity index (χ0) is 23.7. The third-order valence-electron chi connectivity index (χ3n) is 5.62. The molecule has 0 bridgehead atoms. The van der Waals surface area contributed by atoms with E-state index in [1.54, 1.807) is 0 Å². The number of aromatic nitrogens is 2. The summed E-state index contributed by atoms with van der Waals surface area (Å²) in [6, 6.07) is 7.84. The molecule has 1 aliphatic rings. The molecule has 0 atom stereocenters. The van der Waals surface area contributed by atoms with Gasteiger partial charge in [0.1, 0.15) is 11.1 Å². The van der Waals surface area contributed by atoms with Crippen LogP contribution in [0.3, 0.4) is 0 Å². The number of methoxy groups -OCH3 is 1. The Morgan fingerprint density at radius 1 is 1.03 bits per heavy atom. The molecule has 8 heteroatoms. The van der Waals surface area contributed by atoms with E-state index >= 15 is 0 Å². The second-order valence-electron chi connectivity index (χ2n) is 9.55. The summed E-state index contributed by atoms with van der Waals surface area (Å²) >= 11 is 0. The lowest BCUT2D eigenvalue weighted by Crippen LogP contribution is -2.47. The van der Waals surface area contributed by atoms with Crippen molar-refractivity contribution in [1.82, 2.24) is 20.4 Å². The second-order valence-corrected chi connectivity index (χ2v) is 9.55. The maximum atomic E-state index is 12.3. The number of esters is 1. The van der Waals surface area contributed by atoms with Gasteiger partial charge in [-0.2, -0.15) is 5.10 Å². The van der Waals surface area contributed by atoms with Crippen LogP contribution in [-0.4, -0.2) is 45.4 Å². The van der Waals surface area contributed by atoms with Crippen LogP contribution >= 0.6 is 0 Å². The quantitative estimate of drug-likeness (QED) is 0.708. The van der Waals surface area contributed by atoms with Gasteiger partial charge < -0.3 is 14.8 Å². The number of amides is 1. The van der Waals surface area contributed by atoms with Gasteiger partial charge in [0.15, 0.2) is 0 Å². The van der Waals surface area contributed by atoms with Crippen molar-refractivity contribution in [2.24, 2.45) is 0 Å². The molecule has 0 saturated heterocycles. The molecule has 32 heavy (non-hydrogen) atoms. The number of carbonyl (C=O) groups is 2. The highest BCUT2D eigenvalue weighted by Gasteiger charge is 2.40. The lowest BCUT2D eigenvalue weighted by atomic mass is 10.0. The molecule has 1 aliphatic heterocycles. The summed E-state index contributed by atoms with van der Waals surface area (Å²) in [5.41, 5.74) is 4.45. The van der Waals surface area contributed by atoms with Gasteiger partial charge in [-0.05, 0) is 52.7 Å². The van der Waals surface area contributed by atoms with Gasteiger partial charge in [-0.15, -0.1) is 5.10 Å². The molecule has 1 aromatic carbocycles. The highest BCUT2D eigenvalue weighted by Crippen LogP contribution is 2.36. The Morgan fingerprint density at radius 3 is 2.25 bits per heavy atom. The second kappa shape index (κ2) is 8.86. The Kier molecular flexibility index (Phi) is 6.55. The van der Waals surface area contributed by atoms with Crippen molar-refractivity contribution in [3.63, 3.8) is 0 Å². The number of alkyl carbamates (subject to hydrolysis) is 1. The van der Waals surface area contributed by atoms with Gasteiger partial charge in [0.2, 0.25) is 0 Å². The zero-order valence-corrected chi connectivity index (χ0v) is 19.9. The number of hydrogen-bond acceptors (Lipinski definition) is 7. The first kappa shape index (κ1) is 23.7. The molecule has 1 aromatic heterocycles. The van der Waals surface area contributed by atoms with Crippen LogP contribution in [0.4, 0.5) is 4.79 Å². The summed E-state index contributed by atoms with van der Waals surface area (Å²) in [6.07, 6.45) is -0.447. The lowest BCUT2D eigenvalue weighted by molar-refractivity contribution is -0.153. The van der Waals surface area contributed by atoms with E-state index in [2.05, 4.69) is 20.4 Å². The normalized spacial score (nSPS) is 14.1. The third kappa shape index (κ3) is 5.07. The van der Waals surface area contributed by atoms with Gasteiger partial charge >= 0.3 is 12.1 Å². The third-order valence-corrected chi connectivity index (χ3v) is 5.62. The average molecular weight is 441 g/mol. The Bertz CT molecular complexity index is 1010. The van der Waals surface area contributed by atoms with Gasteiger partial charge in [0.25, 0.3) is 0 Å². The Hall–Kier alpha value is -3.00. The fourth-order valence-electron chi connectivity index (χ4n) is 3.70. The summed E-state index contributed by atoms with van der Waals surface area (Å²) < 4.78 is 10.3. The highest BCUT2D eigenvalue weighted by molar-refractivity contribution is 5.80. The van der Waals surface area contributed by atoms with Crippen LogP contribution in [0.2, 0.25) is 0 Å². The van der Waals surface area contributed by atoms with Crippen molar-refractivity contribution < 1.29 is 19.1 Å². The fourth-order valence-corrected chi connectivity index (χ4v) is 3.70. The summed E-state index contributed by atoms with van der Waals surface area (Å²) in [4.78, 5) is 26.3. The molecule has 0 aliphatic carbocycles. The molecule has 1 N–H and O–H groups in total. The number of fused-ring (bicyclic) bond motifs is 1. The zero-order valence-electron chi connectivity index (χ0n) is 19.9. The number of rotatable bonds is 5. The summed E-state index contributed by atoms with van der Waals surface area (Å²) in [6.45, 7) is 12.7. The number of nitrogens with one attached hydrogen (secondary N) is 1. The van der Waals surface area contributed by atoms with Crippen LogP contribution in [0.15, 0.2) is 24.3 Å².